The van der Waals surface area contributed by atoms with E-state index in [1.807, 2.05) is 31.2 Å². The molecule has 36 heavy (non-hydrogen) atoms. The van der Waals surface area contributed by atoms with Gasteiger partial charge in [0.15, 0.2) is 0 Å². The average Bonchev–Trinajstić information content (AvgIpc) is 2.73. The van der Waals surface area contributed by atoms with Crippen molar-refractivity contribution in [3.63, 3.8) is 0 Å². The molecule has 7 heteroatoms. The van der Waals surface area contributed by atoms with E-state index in [9.17, 15) is 9.59 Å². The minimum absolute atomic E-state index is 0.0497. The first-order valence-electron chi connectivity index (χ1n) is 12.7. The molecule has 0 aliphatic rings. The molecule has 0 bridgehead atoms. The van der Waals surface area contributed by atoms with Crippen LogP contribution in [0.4, 0.5) is 15.4 Å². The van der Waals surface area contributed by atoms with Crippen LogP contribution in [0.15, 0.2) is 30.3 Å². The van der Waals surface area contributed by atoms with Gasteiger partial charge in [-0.25, -0.2) is 19.5 Å². The number of imide groups is 1. The Morgan fingerprint density at radius 1 is 0.889 bits per heavy atom. The molecule has 2 amide bonds. The van der Waals surface area contributed by atoms with Gasteiger partial charge in [-0.05, 0) is 90.0 Å². The van der Waals surface area contributed by atoms with Gasteiger partial charge in [0.05, 0.1) is 6.54 Å². The van der Waals surface area contributed by atoms with Crippen molar-refractivity contribution in [3.05, 3.63) is 58.3 Å². The Labute approximate surface area is 216 Å². The number of carbonyl (C=O) groups is 2. The highest BCUT2D eigenvalue weighted by atomic mass is 16.6. The minimum atomic E-state index is -0.736. The molecular formula is C29H43N3O4. The quantitative estimate of drug-likeness (QED) is 0.396. The van der Waals surface area contributed by atoms with Crippen LogP contribution in [-0.4, -0.2) is 33.3 Å². The van der Waals surface area contributed by atoms with Crippen molar-refractivity contribution in [2.24, 2.45) is 0 Å². The number of carbonyl (C=O) groups excluding carboxylic acids is 2. The van der Waals surface area contributed by atoms with Gasteiger partial charge in [0, 0.05) is 5.69 Å². The average molecular weight is 498 g/mol. The first-order chi connectivity index (χ1) is 16.7. The lowest BCUT2D eigenvalue weighted by atomic mass is 9.99. The van der Waals surface area contributed by atoms with E-state index >= 15 is 0 Å². The summed E-state index contributed by atoms with van der Waals surface area (Å²) in [4.78, 5) is 31.1. The van der Waals surface area contributed by atoms with Crippen molar-refractivity contribution in [1.29, 1.82) is 0 Å². The molecular weight excluding hydrogens is 454 g/mol. The van der Waals surface area contributed by atoms with Crippen LogP contribution in [-0.2, 0) is 28.9 Å². The van der Waals surface area contributed by atoms with E-state index in [4.69, 9.17) is 15.2 Å². The number of anilines is 1. The van der Waals surface area contributed by atoms with Gasteiger partial charge in [0.2, 0.25) is 0 Å². The number of aryl methyl sites for hydroxylation is 2. The topological polar surface area (TPSA) is 94.8 Å². The van der Waals surface area contributed by atoms with Crippen molar-refractivity contribution in [3.8, 4) is 0 Å². The summed E-state index contributed by atoms with van der Waals surface area (Å²) in [6.07, 6.45) is 3.63. The third kappa shape index (κ3) is 9.51. The van der Waals surface area contributed by atoms with Crippen molar-refractivity contribution in [2.45, 2.75) is 105 Å². The standard InChI is InChI=1S/C29H43N3O4/c1-9-10-11-12-23-18-24(20(2)31-25(23)30)17-21-13-15-22(16-14-21)19-32(26(33)35-28(3,4)5)27(34)36-29(6,7)8/h13-16,18H,9-12,17,19H2,1-8H3,(H2,30,31). The van der Waals surface area contributed by atoms with Crippen LogP contribution in [0, 0.1) is 6.92 Å². The smallest absolute Gasteiger partial charge is 0.420 e. The summed E-state index contributed by atoms with van der Waals surface area (Å²) in [6.45, 7) is 14.8. The number of amides is 2. The summed E-state index contributed by atoms with van der Waals surface area (Å²) in [6, 6.07) is 10.0. The third-order valence-electron chi connectivity index (χ3n) is 5.47. The molecule has 0 saturated heterocycles. The van der Waals surface area contributed by atoms with Crippen LogP contribution in [0.1, 0.15) is 95.7 Å². The zero-order valence-electron chi connectivity index (χ0n) is 23.2. The maximum Gasteiger partial charge on any atom is 0.420 e. The predicted octanol–water partition coefficient (Wildman–Crippen LogP) is 6.97. The lowest BCUT2D eigenvalue weighted by Gasteiger charge is -2.28. The lowest BCUT2D eigenvalue weighted by Crippen LogP contribution is -2.43. The van der Waals surface area contributed by atoms with Crippen LogP contribution < -0.4 is 5.73 Å². The SMILES string of the molecule is CCCCCc1cc(Cc2ccc(CN(C(=O)OC(C)(C)C)C(=O)OC(C)(C)C)cc2)c(C)nc1N. The Kier molecular flexibility index (Phi) is 9.91. The molecule has 1 aromatic carbocycles. The number of nitrogen functional groups attached to an aromatic ring is 1. The number of hydrogen-bond donors (Lipinski definition) is 1. The summed E-state index contributed by atoms with van der Waals surface area (Å²) in [7, 11) is 0. The molecule has 0 saturated carbocycles. The van der Waals surface area contributed by atoms with E-state index in [-0.39, 0.29) is 6.54 Å². The van der Waals surface area contributed by atoms with Crippen LogP contribution >= 0.6 is 0 Å². The Morgan fingerprint density at radius 3 is 1.92 bits per heavy atom. The second-order valence-electron chi connectivity index (χ2n) is 11.3. The monoisotopic (exact) mass is 497 g/mol. The number of pyridine rings is 1. The highest BCUT2D eigenvalue weighted by molar-refractivity contribution is 5.88. The van der Waals surface area contributed by atoms with Gasteiger partial charge in [0.25, 0.3) is 0 Å². The number of ether oxygens (including phenoxy) is 2. The molecule has 1 aromatic heterocycles. The second kappa shape index (κ2) is 12.2. The number of aromatic nitrogens is 1. The van der Waals surface area contributed by atoms with Crippen LogP contribution in [0.25, 0.3) is 0 Å². The van der Waals surface area contributed by atoms with E-state index in [2.05, 4.69) is 18.0 Å². The van der Waals surface area contributed by atoms with Crippen molar-refractivity contribution >= 4 is 18.0 Å². The lowest BCUT2D eigenvalue weighted by molar-refractivity contribution is -0.000249. The molecule has 1 heterocycles. The predicted molar refractivity (Wildman–Crippen MR) is 144 cm³/mol. The van der Waals surface area contributed by atoms with E-state index in [1.165, 1.54) is 6.42 Å². The zero-order chi connectivity index (χ0) is 27.1. The largest absolute Gasteiger partial charge is 0.443 e. The third-order valence-corrected chi connectivity index (χ3v) is 5.47. The summed E-state index contributed by atoms with van der Waals surface area (Å²) in [5.41, 5.74) is 9.77. The molecule has 0 unspecified atom stereocenters. The van der Waals surface area contributed by atoms with E-state index in [1.54, 1.807) is 41.5 Å². The van der Waals surface area contributed by atoms with Gasteiger partial charge < -0.3 is 15.2 Å². The minimum Gasteiger partial charge on any atom is -0.443 e. The Morgan fingerprint density at radius 2 is 1.42 bits per heavy atom. The van der Waals surface area contributed by atoms with Crippen LogP contribution in [0.5, 0.6) is 0 Å². The first kappa shape index (κ1) is 29.1. The summed E-state index contributed by atoms with van der Waals surface area (Å²) < 4.78 is 10.9. The molecule has 198 valence electrons. The maximum atomic E-state index is 12.8. The van der Waals surface area contributed by atoms with Gasteiger partial charge in [0.1, 0.15) is 17.0 Å². The fourth-order valence-corrected chi connectivity index (χ4v) is 3.66. The molecule has 0 radical (unpaired) electrons. The molecule has 0 atom stereocenters. The number of nitrogens with two attached hydrogens (primary N) is 1. The molecule has 0 aliphatic heterocycles. The highest BCUT2D eigenvalue weighted by Crippen LogP contribution is 2.22. The van der Waals surface area contributed by atoms with Gasteiger partial charge in [-0.1, -0.05) is 50.1 Å². The number of benzene rings is 1. The summed E-state index contributed by atoms with van der Waals surface area (Å²) >= 11 is 0. The van der Waals surface area contributed by atoms with Crippen LogP contribution in [0.3, 0.4) is 0 Å². The Hall–Kier alpha value is -3.09. The molecule has 2 rings (SSSR count). The molecule has 7 nitrogen and oxygen atoms in total. The van der Waals surface area contributed by atoms with Crippen molar-refractivity contribution in [1.82, 2.24) is 9.88 Å². The number of nitrogens with zero attached hydrogens (tertiary/aromatic N) is 2. The Balaban J connectivity index is 2.19. The molecule has 0 fully saturated rings. The van der Waals surface area contributed by atoms with Crippen molar-refractivity contribution in [2.75, 3.05) is 5.73 Å². The number of hydrogen-bond acceptors (Lipinski definition) is 6. The normalized spacial score (nSPS) is 11.8. The fourth-order valence-electron chi connectivity index (χ4n) is 3.66. The Bertz CT molecular complexity index is 1010. The van der Waals surface area contributed by atoms with E-state index in [0.29, 0.717) is 5.82 Å². The van der Waals surface area contributed by atoms with E-state index < -0.39 is 23.4 Å². The van der Waals surface area contributed by atoms with Gasteiger partial charge in [-0.15, -0.1) is 0 Å². The van der Waals surface area contributed by atoms with Crippen molar-refractivity contribution < 1.29 is 19.1 Å². The molecule has 2 N–H and O–H groups in total. The van der Waals surface area contributed by atoms with Crippen LogP contribution in [0.2, 0.25) is 0 Å². The zero-order valence-corrected chi connectivity index (χ0v) is 23.2. The van der Waals surface area contributed by atoms with Gasteiger partial charge in [-0.3, -0.25) is 0 Å². The molecule has 0 aliphatic carbocycles. The fraction of sp³-hybridized carbons (Fsp3) is 0.552. The number of unbranched alkanes of at least 4 members (excludes halogenated alkanes) is 2. The van der Waals surface area contributed by atoms with Gasteiger partial charge >= 0.3 is 12.2 Å². The first-order valence-corrected chi connectivity index (χ1v) is 12.7. The van der Waals surface area contributed by atoms with Gasteiger partial charge in [-0.2, -0.15) is 0 Å². The maximum absolute atomic E-state index is 12.8. The molecule has 2 aromatic rings. The molecule has 0 spiro atoms. The number of rotatable bonds is 8. The highest BCUT2D eigenvalue weighted by Gasteiger charge is 2.31. The second-order valence-corrected chi connectivity index (χ2v) is 11.3. The summed E-state index contributed by atoms with van der Waals surface area (Å²) in [5, 5.41) is 0. The van der Waals surface area contributed by atoms with E-state index in [0.717, 1.165) is 58.5 Å². The summed E-state index contributed by atoms with van der Waals surface area (Å²) in [5.74, 6) is 0.618.